The number of benzene rings is 3. The molecule has 3 aromatic rings. The van der Waals surface area contributed by atoms with Crippen molar-refractivity contribution in [1.29, 1.82) is 0 Å². The van der Waals surface area contributed by atoms with Crippen LogP contribution in [-0.4, -0.2) is 17.2 Å². The molecular weight excluding hydrogens is 276 g/mol. The minimum atomic E-state index is -0.470. The first-order valence-corrected chi connectivity index (χ1v) is 6.80. The van der Waals surface area contributed by atoms with Gasteiger partial charge < -0.3 is 10.8 Å². The summed E-state index contributed by atoms with van der Waals surface area (Å²) < 4.78 is 0. The molecule has 0 radical (unpaired) electrons. The quantitative estimate of drug-likeness (QED) is 0.725. The number of carbonyl (C=O) groups is 1. The number of phenols is 1. The van der Waals surface area contributed by atoms with Crippen molar-refractivity contribution in [3.8, 4) is 5.75 Å². The van der Waals surface area contributed by atoms with Gasteiger partial charge in [0.05, 0.1) is 5.69 Å². The minimum absolute atomic E-state index is 0.177. The molecule has 0 saturated carbocycles. The van der Waals surface area contributed by atoms with Gasteiger partial charge >= 0.3 is 0 Å². The summed E-state index contributed by atoms with van der Waals surface area (Å²) in [4.78, 5) is 15.4. The number of aromatic hydroxyl groups is 1. The van der Waals surface area contributed by atoms with Gasteiger partial charge in [-0.25, -0.2) is 0 Å². The summed E-state index contributed by atoms with van der Waals surface area (Å²) in [6.07, 6.45) is 1.62. The van der Waals surface area contributed by atoms with E-state index in [0.717, 1.165) is 10.8 Å². The molecule has 3 N–H and O–H groups in total. The monoisotopic (exact) mass is 290 g/mol. The Morgan fingerprint density at radius 1 is 1.00 bits per heavy atom. The van der Waals surface area contributed by atoms with Crippen molar-refractivity contribution in [2.75, 3.05) is 0 Å². The number of phenolic OH excluding ortho intramolecular Hbond substituents is 1. The molecule has 0 heterocycles. The summed E-state index contributed by atoms with van der Waals surface area (Å²) in [7, 11) is 0. The molecule has 0 fully saturated rings. The van der Waals surface area contributed by atoms with Crippen molar-refractivity contribution in [3.63, 3.8) is 0 Å². The summed E-state index contributed by atoms with van der Waals surface area (Å²) in [6.45, 7) is 0. The third kappa shape index (κ3) is 2.67. The molecule has 0 aliphatic rings. The van der Waals surface area contributed by atoms with Crippen LogP contribution in [0.25, 0.3) is 10.8 Å². The Bertz CT molecular complexity index is 868. The van der Waals surface area contributed by atoms with Crippen molar-refractivity contribution in [1.82, 2.24) is 0 Å². The zero-order valence-electron chi connectivity index (χ0n) is 11.7. The van der Waals surface area contributed by atoms with Crippen LogP contribution in [0.1, 0.15) is 15.9 Å². The van der Waals surface area contributed by atoms with Gasteiger partial charge in [0, 0.05) is 17.3 Å². The third-order valence-corrected chi connectivity index (χ3v) is 3.44. The molecule has 0 bridgehead atoms. The highest BCUT2D eigenvalue weighted by Gasteiger charge is 2.04. The lowest BCUT2D eigenvalue weighted by Gasteiger charge is -2.04. The molecule has 3 rings (SSSR count). The zero-order valence-corrected chi connectivity index (χ0v) is 11.7. The van der Waals surface area contributed by atoms with Crippen LogP contribution in [0.3, 0.4) is 0 Å². The van der Waals surface area contributed by atoms with Gasteiger partial charge in [-0.15, -0.1) is 0 Å². The number of nitrogens with zero attached hydrogens (tertiary/aromatic N) is 1. The van der Waals surface area contributed by atoms with Crippen LogP contribution in [0, 0.1) is 0 Å². The predicted octanol–water partition coefficient (Wildman–Crippen LogP) is 3.39. The lowest BCUT2D eigenvalue weighted by Crippen LogP contribution is -2.10. The number of primary amides is 1. The maximum Gasteiger partial charge on any atom is 0.248 e. The molecule has 0 saturated heterocycles. The highest BCUT2D eigenvalue weighted by atomic mass is 16.3. The smallest absolute Gasteiger partial charge is 0.248 e. The Hall–Kier alpha value is -3.14. The fourth-order valence-electron chi connectivity index (χ4n) is 2.27. The first-order valence-electron chi connectivity index (χ1n) is 6.80. The number of fused-ring (bicyclic) bond motifs is 1. The van der Waals surface area contributed by atoms with E-state index in [4.69, 9.17) is 5.73 Å². The average molecular weight is 290 g/mol. The van der Waals surface area contributed by atoms with E-state index in [9.17, 15) is 9.90 Å². The summed E-state index contributed by atoms with van der Waals surface area (Å²) in [5, 5.41) is 12.0. The van der Waals surface area contributed by atoms with Crippen LogP contribution >= 0.6 is 0 Å². The van der Waals surface area contributed by atoms with Crippen LogP contribution in [0.2, 0.25) is 0 Å². The third-order valence-electron chi connectivity index (χ3n) is 3.44. The number of nitrogens with two attached hydrogens (primary N) is 1. The molecule has 0 atom stereocenters. The van der Waals surface area contributed by atoms with E-state index in [1.165, 1.54) is 0 Å². The van der Waals surface area contributed by atoms with Crippen LogP contribution in [-0.2, 0) is 0 Å². The van der Waals surface area contributed by atoms with Gasteiger partial charge in [-0.2, -0.15) is 0 Å². The molecular formula is C18H14N2O2. The van der Waals surface area contributed by atoms with E-state index >= 15 is 0 Å². The Balaban J connectivity index is 1.98. The fourth-order valence-corrected chi connectivity index (χ4v) is 2.27. The van der Waals surface area contributed by atoms with Gasteiger partial charge in [-0.05, 0) is 41.1 Å². The van der Waals surface area contributed by atoms with Crippen molar-refractivity contribution < 1.29 is 9.90 Å². The molecule has 0 aliphatic carbocycles. The normalized spacial score (nSPS) is 11.1. The zero-order chi connectivity index (χ0) is 15.5. The number of carbonyl (C=O) groups excluding carboxylic acids is 1. The van der Waals surface area contributed by atoms with E-state index < -0.39 is 5.91 Å². The molecule has 4 nitrogen and oxygen atoms in total. The molecule has 22 heavy (non-hydrogen) atoms. The maximum absolute atomic E-state index is 11.0. The molecule has 0 spiro atoms. The van der Waals surface area contributed by atoms with Crippen LogP contribution < -0.4 is 5.73 Å². The minimum Gasteiger partial charge on any atom is -0.507 e. The molecule has 1 amide bonds. The molecule has 0 aliphatic heterocycles. The van der Waals surface area contributed by atoms with Crippen LogP contribution in [0.15, 0.2) is 65.7 Å². The fraction of sp³-hybridized carbons (Fsp3) is 0. The standard InChI is InChI=1S/C18H14N2O2/c19-18(22)13-5-8-14(9-6-13)20-11-16-15-4-2-1-3-12(15)7-10-17(16)21/h1-11,21H,(H2,19,22). The summed E-state index contributed by atoms with van der Waals surface area (Å²) in [5.74, 6) is -0.293. The van der Waals surface area contributed by atoms with E-state index in [2.05, 4.69) is 4.99 Å². The number of hydrogen-bond donors (Lipinski definition) is 2. The summed E-state index contributed by atoms with van der Waals surface area (Å²) in [5.41, 5.74) is 6.98. The Kier molecular flexibility index (Phi) is 3.58. The Morgan fingerprint density at radius 3 is 2.45 bits per heavy atom. The molecule has 0 aromatic heterocycles. The van der Waals surface area contributed by atoms with Gasteiger partial charge in [0.15, 0.2) is 0 Å². The maximum atomic E-state index is 11.0. The number of amides is 1. The second-order valence-electron chi connectivity index (χ2n) is 4.89. The number of hydrogen-bond acceptors (Lipinski definition) is 3. The van der Waals surface area contributed by atoms with Crippen molar-refractivity contribution in [3.05, 3.63) is 71.8 Å². The average Bonchev–Trinajstić information content (AvgIpc) is 2.54. The second kappa shape index (κ2) is 5.69. The lowest BCUT2D eigenvalue weighted by atomic mass is 10.0. The highest BCUT2D eigenvalue weighted by molar-refractivity contribution is 6.03. The predicted molar refractivity (Wildman–Crippen MR) is 87.8 cm³/mol. The molecule has 4 heteroatoms. The van der Waals surface area contributed by atoms with Crippen molar-refractivity contribution in [2.24, 2.45) is 10.7 Å². The van der Waals surface area contributed by atoms with E-state index in [0.29, 0.717) is 16.8 Å². The van der Waals surface area contributed by atoms with Gasteiger partial charge in [0.2, 0.25) is 5.91 Å². The van der Waals surface area contributed by atoms with E-state index in [-0.39, 0.29) is 5.75 Å². The topological polar surface area (TPSA) is 75.7 Å². The van der Waals surface area contributed by atoms with Gasteiger partial charge in [-0.1, -0.05) is 30.3 Å². The van der Waals surface area contributed by atoms with Crippen molar-refractivity contribution >= 4 is 28.6 Å². The van der Waals surface area contributed by atoms with Crippen LogP contribution in [0.5, 0.6) is 5.75 Å². The van der Waals surface area contributed by atoms with Gasteiger partial charge in [-0.3, -0.25) is 9.79 Å². The first-order chi connectivity index (χ1) is 10.6. The van der Waals surface area contributed by atoms with Gasteiger partial charge in [0.25, 0.3) is 0 Å². The summed E-state index contributed by atoms with van der Waals surface area (Å²) >= 11 is 0. The highest BCUT2D eigenvalue weighted by Crippen LogP contribution is 2.26. The second-order valence-corrected chi connectivity index (χ2v) is 4.89. The Labute approximate surface area is 127 Å². The van der Waals surface area contributed by atoms with E-state index in [1.54, 1.807) is 36.5 Å². The molecule has 0 unspecified atom stereocenters. The number of rotatable bonds is 3. The molecule has 3 aromatic carbocycles. The summed E-state index contributed by atoms with van der Waals surface area (Å²) in [6, 6.07) is 18.0. The number of aliphatic imine (C=N–C) groups is 1. The SMILES string of the molecule is NC(=O)c1ccc(N=Cc2c(O)ccc3ccccc23)cc1. The molecule has 108 valence electrons. The lowest BCUT2D eigenvalue weighted by molar-refractivity contribution is 0.100. The first kappa shape index (κ1) is 13.8. The van der Waals surface area contributed by atoms with Gasteiger partial charge in [0.1, 0.15) is 5.75 Å². The Morgan fingerprint density at radius 2 is 1.73 bits per heavy atom. The van der Waals surface area contributed by atoms with Crippen molar-refractivity contribution in [2.45, 2.75) is 0 Å². The largest absolute Gasteiger partial charge is 0.507 e. The van der Waals surface area contributed by atoms with E-state index in [1.807, 2.05) is 30.3 Å². The van der Waals surface area contributed by atoms with Crippen LogP contribution in [0.4, 0.5) is 5.69 Å².